The van der Waals surface area contributed by atoms with E-state index >= 15 is 0 Å². The normalized spacial score (nSPS) is 10.6. The quantitative estimate of drug-likeness (QED) is 0.764. The number of nitrogens with zero attached hydrogens (tertiary/aromatic N) is 1. The van der Waals surface area contributed by atoms with E-state index in [4.69, 9.17) is 10.5 Å². The van der Waals surface area contributed by atoms with Gasteiger partial charge in [-0.2, -0.15) is 0 Å². The highest BCUT2D eigenvalue weighted by Crippen LogP contribution is 2.29. The molecule has 0 aliphatic rings. The molecule has 19 heavy (non-hydrogen) atoms. The maximum absolute atomic E-state index is 5.81. The lowest BCUT2D eigenvalue weighted by Gasteiger charge is -2.08. The van der Waals surface area contributed by atoms with Crippen LogP contribution in [-0.4, -0.2) is 4.98 Å². The topological polar surface area (TPSA) is 48.1 Å². The van der Waals surface area contributed by atoms with Gasteiger partial charge in [0.25, 0.3) is 0 Å². The molecule has 3 rings (SSSR count). The van der Waals surface area contributed by atoms with Gasteiger partial charge in [0.2, 0.25) is 0 Å². The van der Waals surface area contributed by atoms with E-state index in [2.05, 4.69) is 27.0 Å². The average Bonchev–Trinajstić information content (AvgIpc) is 2.41. The van der Waals surface area contributed by atoms with Crippen LogP contribution in [0.1, 0.15) is 0 Å². The number of rotatable bonds is 2. The summed E-state index contributed by atoms with van der Waals surface area (Å²) in [6, 6.07) is 13.8. The summed E-state index contributed by atoms with van der Waals surface area (Å²) in [5, 5.41) is 2.28. The average molecular weight is 315 g/mol. The summed E-state index contributed by atoms with van der Waals surface area (Å²) in [6.45, 7) is 0. The Labute approximate surface area is 119 Å². The first-order chi connectivity index (χ1) is 9.22. The highest BCUT2D eigenvalue weighted by atomic mass is 79.9. The van der Waals surface area contributed by atoms with Crippen molar-refractivity contribution in [1.29, 1.82) is 0 Å². The Kier molecular flexibility index (Phi) is 3.09. The molecule has 0 aliphatic heterocycles. The molecule has 4 heteroatoms. The fraction of sp³-hybridized carbons (Fsp3) is 0. The number of nitrogen functional groups attached to an aromatic ring is 1. The van der Waals surface area contributed by atoms with Crippen LogP contribution >= 0.6 is 15.9 Å². The summed E-state index contributed by atoms with van der Waals surface area (Å²) >= 11 is 3.46. The summed E-state index contributed by atoms with van der Waals surface area (Å²) in [4.78, 5) is 3.94. The van der Waals surface area contributed by atoms with Gasteiger partial charge in [0.15, 0.2) is 5.75 Å². The number of nitrogens with two attached hydrogens (primary N) is 1. The van der Waals surface area contributed by atoms with Crippen LogP contribution in [0.15, 0.2) is 59.3 Å². The Balaban J connectivity index is 1.98. The second kappa shape index (κ2) is 4.90. The van der Waals surface area contributed by atoms with Crippen molar-refractivity contribution < 1.29 is 4.74 Å². The lowest BCUT2D eigenvalue weighted by Crippen LogP contribution is -1.92. The molecule has 0 radical (unpaired) electrons. The minimum absolute atomic E-state index is 0.526. The van der Waals surface area contributed by atoms with Crippen molar-refractivity contribution in [2.24, 2.45) is 0 Å². The van der Waals surface area contributed by atoms with Gasteiger partial charge in [-0.05, 0) is 35.0 Å². The van der Waals surface area contributed by atoms with Crippen LogP contribution in [0.4, 0.5) is 5.69 Å². The van der Waals surface area contributed by atoms with Crippen LogP contribution in [0, 0.1) is 0 Å². The monoisotopic (exact) mass is 314 g/mol. The molecule has 0 saturated heterocycles. The van der Waals surface area contributed by atoms with Crippen LogP contribution in [0.2, 0.25) is 0 Å². The number of hydrogen-bond acceptors (Lipinski definition) is 3. The zero-order valence-electron chi connectivity index (χ0n) is 10.0. The molecule has 0 fully saturated rings. The van der Waals surface area contributed by atoms with E-state index in [1.165, 1.54) is 0 Å². The van der Waals surface area contributed by atoms with Crippen molar-refractivity contribution in [2.45, 2.75) is 0 Å². The SMILES string of the molecule is Nc1cnccc1Oc1ccc2cc(Br)ccc2c1. The molecule has 0 aliphatic carbocycles. The zero-order chi connectivity index (χ0) is 13.2. The van der Waals surface area contributed by atoms with Crippen molar-refractivity contribution in [1.82, 2.24) is 4.98 Å². The molecule has 3 nitrogen and oxygen atoms in total. The number of aromatic nitrogens is 1. The van der Waals surface area contributed by atoms with E-state index in [-0.39, 0.29) is 0 Å². The Hall–Kier alpha value is -2.07. The highest BCUT2D eigenvalue weighted by Gasteiger charge is 2.03. The van der Waals surface area contributed by atoms with E-state index in [0.29, 0.717) is 11.4 Å². The third-order valence-corrected chi connectivity index (χ3v) is 3.30. The number of anilines is 1. The summed E-state index contributed by atoms with van der Waals surface area (Å²) < 4.78 is 6.83. The molecule has 1 heterocycles. The molecular formula is C15H11BrN2O. The van der Waals surface area contributed by atoms with Crippen molar-refractivity contribution in [3.63, 3.8) is 0 Å². The van der Waals surface area contributed by atoms with E-state index < -0.39 is 0 Å². The number of ether oxygens (including phenoxy) is 1. The first-order valence-electron chi connectivity index (χ1n) is 5.79. The van der Waals surface area contributed by atoms with Crippen molar-refractivity contribution in [3.05, 3.63) is 59.3 Å². The third kappa shape index (κ3) is 2.53. The molecule has 2 aromatic carbocycles. The zero-order valence-corrected chi connectivity index (χ0v) is 11.6. The molecule has 2 N–H and O–H groups in total. The first-order valence-corrected chi connectivity index (χ1v) is 6.58. The highest BCUT2D eigenvalue weighted by molar-refractivity contribution is 9.10. The molecule has 0 amide bonds. The van der Waals surface area contributed by atoms with Gasteiger partial charge in [-0.3, -0.25) is 4.98 Å². The third-order valence-electron chi connectivity index (χ3n) is 2.81. The molecule has 3 aromatic rings. The number of hydrogen-bond donors (Lipinski definition) is 1. The summed E-state index contributed by atoms with van der Waals surface area (Å²) in [7, 11) is 0. The van der Waals surface area contributed by atoms with E-state index in [1.807, 2.05) is 30.3 Å². The number of pyridine rings is 1. The van der Waals surface area contributed by atoms with Gasteiger partial charge in [0.1, 0.15) is 5.75 Å². The smallest absolute Gasteiger partial charge is 0.153 e. The van der Waals surface area contributed by atoms with Crippen LogP contribution in [0.5, 0.6) is 11.5 Å². The molecule has 0 bridgehead atoms. The number of benzene rings is 2. The summed E-state index contributed by atoms with van der Waals surface area (Å²) in [6.07, 6.45) is 3.23. The van der Waals surface area contributed by atoms with Gasteiger partial charge in [-0.25, -0.2) is 0 Å². The van der Waals surface area contributed by atoms with Gasteiger partial charge in [-0.1, -0.05) is 28.1 Å². The maximum atomic E-state index is 5.81. The Morgan fingerprint density at radius 3 is 2.63 bits per heavy atom. The lowest BCUT2D eigenvalue weighted by molar-refractivity contribution is 0.485. The van der Waals surface area contributed by atoms with Crippen LogP contribution in [-0.2, 0) is 0 Å². The molecule has 0 unspecified atom stereocenters. The molecule has 0 saturated carbocycles. The van der Waals surface area contributed by atoms with Gasteiger partial charge in [-0.15, -0.1) is 0 Å². The van der Waals surface area contributed by atoms with Crippen molar-refractivity contribution in [2.75, 3.05) is 5.73 Å². The van der Waals surface area contributed by atoms with E-state index in [0.717, 1.165) is 21.0 Å². The van der Waals surface area contributed by atoms with Gasteiger partial charge in [0, 0.05) is 16.7 Å². The van der Waals surface area contributed by atoms with Gasteiger partial charge >= 0.3 is 0 Å². The number of fused-ring (bicyclic) bond motifs is 1. The predicted octanol–water partition coefficient (Wildman–Crippen LogP) is 4.37. The largest absolute Gasteiger partial charge is 0.455 e. The molecule has 0 spiro atoms. The molecule has 0 atom stereocenters. The van der Waals surface area contributed by atoms with E-state index in [1.54, 1.807) is 18.5 Å². The molecule has 1 aromatic heterocycles. The van der Waals surface area contributed by atoms with E-state index in [9.17, 15) is 0 Å². The maximum Gasteiger partial charge on any atom is 0.153 e. The first kappa shape index (κ1) is 12.0. The fourth-order valence-corrected chi connectivity index (χ4v) is 2.25. The van der Waals surface area contributed by atoms with Gasteiger partial charge in [0.05, 0.1) is 11.9 Å². The molecule has 94 valence electrons. The minimum atomic E-state index is 0.526. The van der Waals surface area contributed by atoms with Crippen molar-refractivity contribution in [3.8, 4) is 11.5 Å². The lowest BCUT2D eigenvalue weighted by atomic mass is 10.1. The van der Waals surface area contributed by atoms with Crippen LogP contribution in [0.25, 0.3) is 10.8 Å². The standard InChI is InChI=1S/C15H11BrN2O/c16-12-3-1-11-8-13(4-2-10(11)7-12)19-15-5-6-18-9-14(15)17/h1-9H,17H2. The Morgan fingerprint density at radius 1 is 1.00 bits per heavy atom. The molecular weight excluding hydrogens is 304 g/mol. The van der Waals surface area contributed by atoms with Gasteiger partial charge < -0.3 is 10.5 Å². The second-order valence-electron chi connectivity index (χ2n) is 4.17. The second-order valence-corrected chi connectivity index (χ2v) is 5.08. The fourth-order valence-electron chi connectivity index (χ4n) is 1.87. The Bertz CT molecular complexity index is 743. The summed E-state index contributed by atoms with van der Waals surface area (Å²) in [5.41, 5.74) is 6.33. The Morgan fingerprint density at radius 2 is 1.79 bits per heavy atom. The predicted molar refractivity (Wildman–Crippen MR) is 80.4 cm³/mol. The summed E-state index contributed by atoms with van der Waals surface area (Å²) in [5.74, 6) is 1.37. The van der Waals surface area contributed by atoms with Crippen LogP contribution < -0.4 is 10.5 Å². The number of halogens is 1. The van der Waals surface area contributed by atoms with Crippen molar-refractivity contribution >= 4 is 32.4 Å². The minimum Gasteiger partial charge on any atom is -0.455 e. The van der Waals surface area contributed by atoms with Crippen LogP contribution in [0.3, 0.4) is 0 Å².